The van der Waals surface area contributed by atoms with E-state index in [2.05, 4.69) is 29.6 Å². The molecule has 5 saturated carbocycles. The van der Waals surface area contributed by atoms with Gasteiger partial charge in [-0.3, -0.25) is 4.79 Å². The molecule has 0 aromatic heterocycles. The molecule has 1 aromatic carbocycles. The number of hydrogen-bond donors (Lipinski definition) is 3. The lowest BCUT2D eigenvalue weighted by atomic mass is 9.42. The lowest BCUT2D eigenvalue weighted by Gasteiger charge is -2.63. The van der Waals surface area contributed by atoms with Crippen molar-refractivity contribution < 1.29 is 15.0 Å². The lowest BCUT2D eigenvalue weighted by molar-refractivity contribution is -0.148. The third-order valence-corrected chi connectivity index (χ3v) is 8.36. The summed E-state index contributed by atoms with van der Waals surface area (Å²) in [6.07, 6.45) is 6.84. The van der Waals surface area contributed by atoms with Gasteiger partial charge in [0.05, 0.1) is 18.2 Å². The molecule has 2 atom stereocenters. The minimum Gasteiger partial charge on any atom is -0.393 e. The molecule has 0 aliphatic heterocycles. The molecule has 5 aliphatic rings. The second-order valence-corrected chi connectivity index (χ2v) is 9.60. The van der Waals surface area contributed by atoms with E-state index in [1.807, 2.05) is 6.07 Å². The molecule has 4 heteroatoms. The second-order valence-electron chi connectivity index (χ2n) is 9.60. The highest BCUT2D eigenvalue weighted by Crippen LogP contribution is 2.64. The van der Waals surface area contributed by atoms with Gasteiger partial charge in [-0.2, -0.15) is 0 Å². The van der Waals surface area contributed by atoms with Gasteiger partial charge in [0.15, 0.2) is 0 Å². The number of aliphatic hydroxyl groups is 2. The number of hydrogen-bond acceptors (Lipinski definition) is 3. The first kappa shape index (κ1) is 17.7. The van der Waals surface area contributed by atoms with Crippen molar-refractivity contribution in [3.05, 3.63) is 35.9 Å². The van der Waals surface area contributed by atoms with E-state index < -0.39 is 6.10 Å². The number of rotatable bonds is 4. The van der Waals surface area contributed by atoms with Crippen molar-refractivity contribution in [2.45, 2.75) is 75.0 Å². The van der Waals surface area contributed by atoms with Crippen LogP contribution in [-0.4, -0.2) is 34.4 Å². The average molecular weight is 370 g/mol. The molecule has 27 heavy (non-hydrogen) atoms. The van der Waals surface area contributed by atoms with E-state index in [1.165, 1.54) is 5.56 Å². The SMILES string of the molecule is O=C(CC1(c2ccccc2)C2CC3CC1CC(C2)C3O)NC1CCCC1O. The number of nitrogens with one attached hydrogen (secondary N) is 1. The van der Waals surface area contributed by atoms with Gasteiger partial charge in [-0.05, 0) is 74.2 Å². The summed E-state index contributed by atoms with van der Waals surface area (Å²) in [6, 6.07) is 10.6. The predicted molar refractivity (Wildman–Crippen MR) is 103 cm³/mol. The molecule has 5 aliphatic carbocycles. The van der Waals surface area contributed by atoms with Crippen molar-refractivity contribution >= 4 is 5.91 Å². The van der Waals surface area contributed by atoms with Crippen molar-refractivity contribution in [1.82, 2.24) is 5.32 Å². The van der Waals surface area contributed by atoms with Gasteiger partial charge < -0.3 is 15.5 Å². The Morgan fingerprint density at radius 1 is 1.00 bits per heavy atom. The van der Waals surface area contributed by atoms with Gasteiger partial charge in [-0.15, -0.1) is 0 Å². The highest BCUT2D eigenvalue weighted by Gasteiger charge is 2.61. The fourth-order valence-electron chi connectivity index (χ4n) is 7.21. The maximum atomic E-state index is 13.1. The monoisotopic (exact) mass is 369 g/mol. The summed E-state index contributed by atoms with van der Waals surface area (Å²) >= 11 is 0. The molecule has 1 aromatic rings. The normalized spacial score (nSPS) is 45.2. The number of amides is 1. The summed E-state index contributed by atoms with van der Waals surface area (Å²) < 4.78 is 0. The summed E-state index contributed by atoms with van der Waals surface area (Å²) in [7, 11) is 0. The first-order valence-electron chi connectivity index (χ1n) is 10.8. The van der Waals surface area contributed by atoms with Crippen molar-refractivity contribution in [2.24, 2.45) is 23.7 Å². The van der Waals surface area contributed by atoms with Crippen molar-refractivity contribution in [2.75, 3.05) is 0 Å². The first-order valence-corrected chi connectivity index (χ1v) is 10.8. The minimum atomic E-state index is -0.393. The summed E-state index contributed by atoms with van der Waals surface area (Å²) in [5, 5.41) is 23.8. The molecule has 146 valence electrons. The molecule has 4 nitrogen and oxygen atoms in total. The van der Waals surface area contributed by atoms with Crippen LogP contribution in [0.4, 0.5) is 0 Å². The first-order chi connectivity index (χ1) is 13.1. The molecule has 0 spiro atoms. The Morgan fingerprint density at radius 3 is 2.19 bits per heavy atom. The number of carbonyl (C=O) groups excluding carboxylic acids is 1. The largest absolute Gasteiger partial charge is 0.393 e. The van der Waals surface area contributed by atoms with Gasteiger partial charge >= 0.3 is 0 Å². The van der Waals surface area contributed by atoms with Gasteiger partial charge in [0.2, 0.25) is 5.91 Å². The summed E-state index contributed by atoms with van der Waals surface area (Å²) in [4.78, 5) is 13.1. The topological polar surface area (TPSA) is 69.6 Å². The molecule has 6 rings (SSSR count). The van der Waals surface area contributed by atoms with Crippen molar-refractivity contribution in [3.63, 3.8) is 0 Å². The van der Waals surface area contributed by atoms with Crippen molar-refractivity contribution in [3.8, 4) is 0 Å². The quantitative estimate of drug-likeness (QED) is 0.764. The average Bonchev–Trinajstić information content (AvgIpc) is 3.05. The van der Waals surface area contributed by atoms with Crippen LogP contribution in [-0.2, 0) is 10.2 Å². The van der Waals surface area contributed by atoms with Crippen LogP contribution in [0.15, 0.2) is 30.3 Å². The number of benzene rings is 1. The highest BCUT2D eigenvalue weighted by molar-refractivity contribution is 5.78. The van der Waals surface area contributed by atoms with Gasteiger partial charge in [0, 0.05) is 11.8 Å². The fraction of sp³-hybridized carbons (Fsp3) is 0.696. The van der Waals surface area contributed by atoms with Gasteiger partial charge in [0.25, 0.3) is 0 Å². The Morgan fingerprint density at radius 2 is 1.63 bits per heavy atom. The van der Waals surface area contributed by atoms with E-state index in [4.69, 9.17) is 0 Å². The van der Waals surface area contributed by atoms with Crippen LogP contribution in [0.2, 0.25) is 0 Å². The molecule has 0 heterocycles. The van der Waals surface area contributed by atoms with E-state index in [0.717, 1.165) is 44.9 Å². The van der Waals surface area contributed by atoms with Crippen molar-refractivity contribution in [1.29, 1.82) is 0 Å². The second kappa shape index (κ2) is 6.59. The van der Waals surface area contributed by atoms with Crippen LogP contribution >= 0.6 is 0 Å². The standard InChI is InChI=1S/C23H31NO3/c25-20-8-4-7-19(20)24-21(26)13-23(16-5-2-1-3-6-16)17-9-14-10-18(23)12-15(11-17)22(14)27/h1-3,5-6,14-15,17-20,22,25,27H,4,7-13H2,(H,24,26). The van der Waals surface area contributed by atoms with Gasteiger partial charge in [0.1, 0.15) is 0 Å². The number of aliphatic hydroxyl groups excluding tert-OH is 2. The molecule has 5 fully saturated rings. The maximum Gasteiger partial charge on any atom is 0.221 e. The molecule has 0 radical (unpaired) electrons. The minimum absolute atomic E-state index is 0.0796. The smallest absolute Gasteiger partial charge is 0.221 e. The molecule has 2 unspecified atom stereocenters. The lowest BCUT2D eigenvalue weighted by Crippen LogP contribution is -2.61. The summed E-state index contributed by atoms with van der Waals surface area (Å²) in [6.45, 7) is 0. The molecule has 3 N–H and O–H groups in total. The summed E-state index contributed by atoms with van der Waals surface area (Å²) in [5.41, 5.74) is 1.19. The Bertz CT molecular complexity index is 673. The molecule has 1 amide bonds. The fourth-order valence-corrected chi connectivity index (χ4v) is 7.21. The zero-order valence-electron chi connectivity index (χ0n) is 15.9. The Labute approximate surface area is 161 Å². The summed E-state index contributed by atoms with van der Waals surface area (Å²) in [5.74, 6) is 1.89. The predicted octanol–water partition coefficient (Wildman–Crippen LogP) is 2.77. The van der Waals surface area contributed by atoms with E-state index in [0.29, 0.717) is 30.1 Å². The van der Waals surface area contributed by atoms with E-state index in [1.54, 1.807) is 0 Å². The van der Waals surface area contributed by atoms with E-state index >= 15 is 0 Å². The van der Waals surface area contributed by atoms with Gasteiger partial charge in [-0.25, -0.2) is 0 Å². The molecule has 4 bridgehead atoms. The Kier molecular flexibility index (Phi) is 4.32. The van der Waals surface area contributed by atoms with Crippen LogP contribution in [0.3, 0.4) is 0 Å². The van der Waals surface area contributed by atoms with Crippen LogP contribution in [0, 0.1) is 23.7 Å². The number of carbonyl (C=O) groups is 1. The van der Waals surface area contributed by atoms with E-state index in [9.17, 15) is 15.0 Å². The Hall–Kier alpha value is -1.39. The molecular weight excluding hydrogens is 338 g/mol. The zero-order valence-corrected chi connectivity index (χ0v) is 15.9. The zero-order chi connectivity index (χ0) is 18.6. The Balaban J connectivity index is 1.45. The maximum absolute atomic E-state index is 13.1. The third kappa shape index (κ3) is 2.75. The van der Waals surface area contributed by atoms with E-state index in [-0.39, 0.29) is 23.5 Å². The third-order valence-electron chi connectivity index (χ3n) is 8.36. The highest BCUT2D eigenvalue weighted by atomic mass is 16.3. The molecule has 0 saturated heterocycles. The molecular formula is C23H31NO3. The van der Waals surface area contributed by atoms with Crippen LogP contribution in [0.1, 0.15) is 56.9 Å². The van der Waals surface area contributed by atoms with Crippen LogP contribution in [0.25, 0.3) is 0 Å². The van der Waals surface area contributed by atoms with Crippen LogP contribution in [0.5, 0.6) is 0 Å². The van der Waals surface area contributed by atoms with Crippen LogP contribution < -0.4 is 5.32 Å². The van der Waals surface area contributed by atoms with Gasteiger partial charge in [-0.1, -0.05) is 30.3 Å².